The molecule has 0 unspecified atom stereocenters. The minimum Gasteiger partial charge on any atom is -0.511 e. The molecule has 1 saturated carbocycles. The lowest BCUT2D eigenvalue weighted by molar-refractivity contribution is -0.137. The van der Waals surface area contributed by atoms with Gasteiger partial charge in [0.05, 0.1) is 12.7 Å². The van der Waals surface area contributed by atoms with E-state index in [1.807, 2.05) is 0 Å². The highest BCUT2D eigenvalue weighted by molar-refractivity contribution is 5.89. The molecule has 34 heavy (non-hydrogen) atoms. The molecule has 0 aromatic carbocycles. The lowest BCUT2D eigenvalue weighted by Crippen LogP contribution is -2.50. The van der Waals surface area contributed by atoms with Gasteiger partial charge in [-0.25, -0.2) is 4.79 Å². The molecule has 4 aliphatic carbocycles. The maximum absolute atomic E-state index is 12.6. The van der Waals surface area contributed by atoms with Gasteiger partial charge in [0.1, 0.15) is 5.76 Å². The average molecular weight is 471 g/mol. The van der Waals surface area contributed by atoms with E-state index in [9.17, 15) is 9.90 Å². The van der Waals surface area contributed by atoms with E-state index < -0.39 is 0 Å². The van der Waals surface area contributed by atoms with Crippen LogP contribution in [0.25, 0.3) is 0 Å². The van der Waals surface area contributed by atoms with Crippen LogP contribution >= 0.6 is 0 Å². The highest BCUT2D eigenvalue weighted by atomic mass is 16.5. The number of ether oxygens (including phenoxy) is 1. The van der Waals surface area contributed by atoms with E-state index in [1.165, 1.54) is 52.1 Å². The Balaban J connectivity index is 1.66. The molecule has 0 aliphatic heterocycles. The Morgan fingerprint density at radius 1 is 1.06 bits per heavy atom. The molecule has 0 aromatic rings. The molecule has 3 heteroatoms. The molecular weight excluding hydrogens is 420 g/mol. The molecule has 192 valence electrons. The highest BCUT2D eigenvalue weighted by Gasteiger charge is 2.62. The molecule has 0 heterocycles. The van der Waals surface area contributed by atoms with E-state index in [0.29, 0.717) is 23.3 Å². The van der Waals surface area contributed by atoms with Crippen molar-refractivity contribution in [2.45, 2.75) is 113 Å². The third-order valence-electron chi connectivity index (χ3n) is 11.6. The second-order valence-electron chi connectivity index (χ2n) is 13.5. The summed E-state index contributed by atoms with van der Waals surface area (Å²) in [4.78, 5) is 12.6. The average Bonchev–Trinajstić information content (AvgIpc) is 3.07. The van der Waals surface area contributed by atoms with Crippen LogP contribution in [0.4, 0.5) is 0 Å². The second kappa shape index (κ2) is 9.00. The number of fused-ring (bicyclic) bond motifs is 4. The van der Waals surface area contributed by atoms with Gasteiger partial charge in [-0.1, -0.05) is 78.9 Å². The van der Waals surface area contributed by atoms with Crippen molar-refractivity contribution in [3.8, 4) is 0 Å². The number of aliphatic hydroxyl groups excluding tert-OH is 1. The van der Waals surface area contributed by atoms with E-state index >= 15 is 0 Å². The molecule has 7 atom stereocenters. The molecule has 0 bridgehead atoms. The SMILES string of the molecule is COC(=O)C1=C(O)[C@@H](C)[C@@H]2CCC3=C(CC[C@]4(C)[C@@H]([C@@H](C)CCCC(C)C)CC[C@@]34C)[C@@]2(C)C1. The van der Waals surface area contributed by atoms with Crippen LogP contribution in [-0.4, -0.2) is 18.2 Å². The number of rotatable bonds is 6. The largest absolute Gasteiger partial charge is 0.511 e. The zero-order valence-electron chi connectivity index (χ0n) is 23.2. The second-order valence-corrected chi connectivity index (χ2v) is 13.5. The van der Waals surface area contributed by atoms with E-state index in [-0.39, 0.29) is 28.5 Å². The molecule has 0 saturated heterocycles. The van der Waals surface area contributed by atoms with Gasteiger partial charge >= 0.3 is 5.97 Å². The summed E-state index contributed by atoms with van der Waals surface area (Å²) in [6.07, 6.45) is 12.1. The van der Waals surface area contributed by atoms with Gasteiger partial charge in [0.15, 0.2) is 0 Å². The fourth-order valence-corrected chi connectivity index (χ4v) is 9.41. The molecular formula is C31H50O3. The van der Waals surface area contributed by atoms with Gasteiger partial charge < -0.3 is 9.84 Å². The van der Waals surface area contributed by atoms with Crippen molar-refractivity contribution in [2.75, 3.05) is 7.11 Å². The first-order valence-corrected chi connectivity index (χ1v) is 14.1. The summed E-state index contributed by atoms with van der Waals surface area (Å²) in [5.74, 6) is 2.75. The zero-order chi connectivity index (χ0) is 25.1. The molecule has 4 rings (SSSR count). The van der Waals surface area contributed by atoms with Gasteiger partial charge in [-0.2, -0.15) is 0 Å². The van der Waals surface area contributed by atoms with Crippen LogP contribution in [0.3, 0.4) is 0 Å². The van der Waals surface area contributed by atoms with Crippen molar-refractivity contribution in [2.24, 2.45) is 45.8 Å². The number of methoxy groups -OCH3 is 1. The molecule has 0 radical (unpaired) electrons. The Bertz CT molecular complexity index is 881. The standard InChI is InChI=1S/C31H50O3/c1-19(2)10-9-11-20(3)23-14-16-31(7)26-13-12-24-21(4)27(32)22(28(33)34-8)18-29(24,5)25(26)15-17-30(23,31)6/h19-21,23-24,32H,9-18H2,1-8H3/t20-,21-,23+,24-,29-,30+,31-/m0/s1. The predicted octanol–water partition coefficient (Wildman–Crippen LogP) is 8.40. The van der Waals surface area contributed by atoms with Gasteiger partial charge in [-0.15, -0.1) is 0 Å². The van der Waals surface area contributed by atoms with Crippen molar-refractivity contribution < 1.29 is 14.6 Å². The maximum atomic E-state index is 12.6. The van der Waals surface area contributed by atoms with E-state index in [1.54, 1.807) is 11.1 Å². The zero-order valence-corrected chi connectivity index (χ0v) is 23.2. The van der Waals surface area contributed by atoms with Gasteiger partial charge in [0, 0.05) is 5.92 Å². The quantitative estimate of drug-likeness (QED) is 0.313. The van der Waals surface area contributed by atoms with Crippen molar-refractivity contribution in [1.82, 2.24) is 0 Å². The Morgan fingerprint density at radius 3 is 2.41 bits per heavy atom. The molecule has 4 aliphatic rings. The molecule has 0 amide bonds. The summed E-state index contributed by atoms with van der Waals surface area (Å²) >= 11 is 0. The van der Waals surface area contributed by atoms with Crippen LogP contribution in [-0.2, 0) is 9.53 Å². The van der Waals surface area contributed by atoms with Gasteiger partial charge in [0.2, 0.25) is 0 Å². The summed E-state index contributed by atoms with van der Waals surface area (Å²) in [5.41, 5.74) is 4.48. The van der Waals surface area contributed by atoms with Crippen LogP contribution in [0.1, 0.15) is 113 Å². The topological polar surface area (TPSA) is 46.5 Å². The van der Waals surface area contributed by atoms with Crippen molar-refractivity contribution >= 4 is 5.97 Å². The highest BCUT2D eigenvalue weighted by Crippen LogP contribution is 2.71. The molecule has 0 aromatic heterocycles. The smallest absolute Gasteiger partial charge is 0.337 e. The first kappa shape index (κ1) is 25.8. The lowest BCUT2D eigenvalue weighted by atomic mass is 9.45. The minimum absolute atomic E-state index is 0.0142. The number of hydrogen-bond donors (Lipinski definition) is 1. The molecule has 0 spiro atoms. The summed E-state index contributed by atoms with van der Waals surface area (Å²) in [5, 5.41) is 10.9. The van der Waals surface area contributed by atoms with E-state index in [0.717, 1.165) is 30.6 Å². The van der Waals surface area contributed by atoms with Crippen LogP contribution in [0.5, 0.6) is 0 Å². The number of carbonyl (C=O) groups is 1. The number of aliphatic hydroxyl groups is 1. The van der Waals surface area contributed by atoms with Crippen molar-refractivity contribution in [1.29, 1.82) is 0 Å². The van der Waals surface area contributed by atoms with Crippen LogP contribution in [0.2, 0.25) is 0 Å². The number of esters is 1. The summed E-state index contributed by atoms with van der Waals surface area (Å²) in [6, 6.07) is 0. The summed E-state index contributed by atoms with van der Waals surface area (Å²) < 4.78 is 5.09. The lowest BCUT2D eigenvalue weighted by Gasteiger charge is -2.59. The summed E-state index contributed by atoms with van der Waals surface area (Å²) in [7, 11) is 1.43. The monoisotopic (exact) mass is 470 g/mol. The van der Waals surface area contributed by atoms with Gasteiger partial charge in [-0.05, 0) is 84.9 Å². The van der Waals surface area contributed by atoms with Crippen molar-refractivity contribution in [3.63, 3.8) is 0 Å². The normalized spacial score (nSPS) is 40.7. The molecule has 1 N–H and O–H groups in total. The Hall–Kier alpha value is -1.25. The fraction of sp³-hybridized carbons (Fsp3) is 0.839. The molecule has 3 nitrogen and oxygen atoms in total. The van der Waals surface area contributed by atoms with Crippen LogP contribution in [0.15, 0.2) is 22.5 Å². The van der Waals surface area contributed by atoms with Gasteiger partial charge in [0.25, 0.3) is 0 Å². The Labute approximate surface area is 208 Å². The minimum atomic E-state index is -0.347. The summed E-state index contributed by atoms with van der Waals surface area (Å²) in [6.45, 7) is 16.9. The number of carbonyl (C=O) groups excluding carboxylic acids is 1. The third-order valence-corrected chi connectivity index (χ3v) is 11.6. The van der Waals surface area contributed by atoms with E-state index in [2.05, 4.69) is 48.5 Å². The van der Waals surface area contributed by atoms with Crippen LogP contribution < -0.4 is 0 Å². The third kappa shape index (κ3) is 3.70. The predicted molar refractivity (Wildman–Crippen MR) is 139 cm³/mol. The number of allylic oxidation sites excluding steroid dienone is 3. The Kier molecular flexibility index (Phi) is 6.84. The first-order valence-electron chi connectivity index (χ1n) is 14.1. The number of hydrogen-bond acceptors (Lipinski definition) is 3. The van der Waals surface area contributed by atoms with Crippen molar-refractivity contribution in [3.05, 3.63) is 22.5 Å². The fourth-order valence-electron chi connectivity index (χ4n) is 9.41. The molecule has 1 fully saturated rings. The maximum Gasteiger partial charge on any atom is 0.337 e. The van der Waals surface area contributed by atoms with Gasteiger partial charge in [-0.3, -0.25) is 0 Å². The first-order chi connectivity index (χ1) is 15.9. The van der Waals surface area contributed by atoms with Crippen LogP contribution in [0, 0.1) is 45.8 Å². The Morgan fingerprint density at radius 2 is 1.76 bits per heavy atom. The van der Waals surface area contributed by atoms with E-state index in [4.69, 9.17) is 4.74 Å².